The molecule has 0 bridgehead atoms. The molecule has 2 nitrogen and oxygen atoms in total. The number of aliphatic hydroxyl groups is 1. The van der Waals surface area contributed by atoms with Gasteiger partial charge in [-0.2, -0.15) is 0 Å². The van der Waals surface area contributed by atoms with Gasteiger partial charge in [-0.3, -0.25) is 4.90 Å². The van der Waals surface area contributed by atoms with Crippen molar-refractivity contribution in [3.05, 3.63) is 0 Å². The highest BCUT2D eigenvalue weighted by atomic mass is 35.5. The van der Waals surface area contributed by atoms with E-state index < -0.39 is 0 Å². The highest BCUT2D eigenvalue weighted by Crippen LogP contribution is 2.07. The molecule has 3 heteroatoms. The first-order valence-corrected chi connectivity index (χ1v) is 3.33. The molecule has 1 rings (SSSR count). The van der Waals surface area contributed by atoms with Crippen LogP contribution in [0, 0.1) is 0 Å². The van der Waals surface area contributed by atoms with Crippen LogP contribution < -0.4 is 0 Å². The van der Waals surface area contributed by atoms with Crippen LogP contribution in [0.25, 0.3) is 0 Å². The van der Waals surface area contributed by atoms with Gasteiger partial charge in [0.05, 0.1) is 12.1 Å². The predicted octanol–water partition coefficient (Wildman–Crippen LogP) is 0.249. The third-order valence-corrected chi connectivity index (χ3v) is 1.75. The number of rotatable bonds is 1. The first-order valence-electron chi connectivity index (χ1n) is 2.79. The van der Waals surface area contributed by atoms with Crippen molar-refractivity contribution < 1.29 is 5.11 Å². The van der Waals surface area contributed by atoms with Crippen LogP contribution in [0.5, 0.6) is 0 Å². The molecular weight excluding hydrogens is 126 g/mol. The Kier molecular flexibility index (Phi) is 2.11. The highest BCUT2D eigenvalue weighted by Gasteiger charge is 2.18. The van der Waals surface area contributed by atoms with Crippen molar-refractivity contribution in [2.24, 2.45) is 0 Å². The van der Waals surface area contributed by atoms with E-state index in [4.69, 9.17) is 16.7 Å². The molecule has 1 fully saturated rings. The summed E-state index contributed by atoms with van der Waals surface area (Å²) in [6.45, 7) is 1.70. The lowest BCUT2D eigenvalue weighted by Gasteiger charge is -2.07. The van der Waals surface area contributed by atoms with Crippen LogP contribution in [0.15, 0.2) is 0 Å². The number of nitrogens with zero attached hydrogens (tertiary/aromatic N) is 1. The normalized spacial score (nSPS) is 31.5. The number of halogens is 1. The summed E-state index contributed by atoms with van der Waals surface area (Å²) in [6.07, 6.45) is 0.751. The Morgan fingerprint density at radius 1 is 1.75 bits per heavy atom. The van der Waals surface area contributed by atoms with Gasteiger partial charge in [0.2, 0.25) is 0 Å². The minimum absolute atomic E-state index is 0.131. The van der Waals surface area contributed by atoms with Crippen LogP contribution in [-0.2, 0) is 0 Å². The fourth-order valence-corrected chi connectivity index (χ4v) is 1.14. The van der Waals surface area contributed by atoms with Gasteiger partial charge in [-0.1, -0.05) is 0 Å². The van der Waals surface area contributed by atoms with Crippen molar-refractivity contribution in [2.45, 2.75) is 12.5 Å². The molecule has 0 spiro atoms. The molecule has 0 amide bonds. The van der Waals surface area contributed by atoms with Crippen molar-refractivity contribution in [1.29, 1.82) is 0 Å². The van der Waals surface area contributed by atoms with E-state index in [1.165, 1.54) is 0 Å². The molecule has 8 heavy (non-hydrogen) atoms. The van der Waals surface area contributed by atoms with Gasteiger partial charge in [-0.25, -0.2) is 0 Å². The topological polar surface area (TPSA) is 23.5 Å². The van der Waals surface area contributed by atoms with Crippen LogP contribution in [-0.4, -0.2) is 35.2 Å². The van der Waals surface area contributed by atoms with Gasteiger partial charge in [0, 0.05) is 13.1 Å². The Morgan fingerprint density at radius 2 is 2.50 bits per heavy atom. The lowest BCUT2D eigenvalue weighted by molar-refractivity contribution is 0.181. The first-order chi connectivity index (χ1) is 3.83. The maximum atomic E-state index is 8.93. The smallest absolute Gasteiger partial charge is 0.0739 e. The lowest BCUT2D eigenvalue weighted by atomic mass is 10.3. The SMILES string of the molecule is O[C@H]1CCN(CCl)C1. The van der Waals surface area contributed by atoms with E-state index in [-0.39, 0.29) is 6.10 Å². The highest BCUT2D eigenvalue weighted by molar-refractivity contribution is 6.17. The van der Waals surface area contributed by atoms with Gasteiger partial charge in [-0.15, -0.1) is 11.6 Å². The largest absolute Gasteiger partial charge is 0.392 e. The van der Waals surface area contributed by atoms with E-state index in [1.54, 1.807) is 0 Å². The van der Waals surface area contributed by atoms with Gasteiger partial charge in [0.15, 0.2) is 0 Å². The summed E-state index contributed by atoms with van der Waals surface area (Å²) in [6, 6.07) is 0.553. The number of aliphatic hydroxyl groups excluding tert-OH is 1. The molecule has 0 radical (unpaired) electrons. The second kappa shape index (κ2) is 2.67. The molecular formula is C5H10ClNO. The third kappa shape index (κ3) is 1.34. The van der Waals surface area contributed by atoms with Crippen molar-refractivity contribution in [1.82, 2.24) is 4.90 Å². The maximum absolute atomic E-state index is 8.93. The van der Waals surface area contributed by atoms with Crippen LogP contribution in [0.4, 0.5) is 0 Å². The molecule has 0 unspecified atom stereocenters. The monoisotopic (exact) mass is 135 g/mol. The van der Waals surface area contributed by atoms with Crippen LogP contribution in [0.2, 0.25) is 0 Å². The predicted molar refractivity (Wildman–Crippen MR) is 32.9 cm³/mol. The molecule has 0 saturated carbocycles. The number of alkyl halides is 1. The molecule has 1 N–H and O–H groups in total. The summed E-state index contributed by atoms with van der Waals surface area (Å²) in [5.41, 5.74) is 0. The van der Waals surface area contributed by atoms with Crippen molar-refractivity contribution >= 4 is 11.6 Å². The Balaban J connectivity index is 2.22. The maximum Gasteiger partial charge on any atom is 0.0739 e. The number of hydrogen-bond acceptors (Lipinski definition) is 2. The summed E-state index contributed by atoms with van der Waals surface area (Å²) in [5.74, 6) is 0. The Hall–Kier alpha value is 0.210. The quantitative estimate of drug-likeness (QED) is 0.412. The minimum Gasteiger partial charge on any atom is -0.392 e. The fraction of sp³-hybridized carbons (Fsp3) is 1.00. The van der Waals surface area contributed by atoms with Gasteiger partial charge < -0.3 is 5.11 Å². The summed E-state index contributed by atoms with van der Waals surface area (Å²) in [4.78, 5) is 2.02. The average Bonchev–Trinajstić information content (AvgIpc) is 2.14. The molecule has 0 aromatic heterocycles. The number of β-amino-alcohol motifs (C(OH)–C–C–N with tert-alkyl or cyclic N) is 1. The summed E-state index contributed by atoms with van der Waals surface area (Å²) in [7, 11) is 0. The first kappa shape index (κ1) is 6.33. The zero-order chi connectivity index (χ0) is 5.98. The van der Waals surface area contributed by atoms with Gasteiger partial charge >= 0.3 is 0 Å². The zero-order valence-electron chi connectivity index (χ0n) is 4.68. The Bertz CT molecular complexity index is 78.8. The molecule has 1 heterocycles. The zero-order valence-corrected chi connectivity index (χ0v) is 5.43. The van der Waals surface area contributed by atoms with Gasteiger partial charge in [-0.05, 0) is 6.42 Å². The van der Waals surface area contributed by atoms with E-state index in [0.717, 1.165) is 19.5 Å². The van der Waals surface area contributed by atoms with Gasteiger partial charge in [0.1, 0.15) is 0 Å². The molecule has 1 saturated heterocycles. The van der Waals surface area contributed by atoms with Crippen LogP contribution in [0.1, 0.15) is 6.42 Å². The molecule has 1 atom stereocenters. The molecule has 48 valence electrons. The Labute approximate surface area is 54.1 Å². The van der Waals surface area contributed by atoms with E-state index in [9.17, 15) is 0 Å². The van der Waals surface area contributed by atoms with E-state index in [1.807, 2.05) is 4.90 Å². The van der Waals surface area contributed by atoms with Crippen LogP contribution in [0.3, 0.4) is 0 Å². The van der Waals surface area contributed by atoms with Crippen molar-refractivity contribution in [3.63, 3.8) is 0 Å². The van der Waals surface area contributed by atoms with E-state index >= 15 is 0 Å². The molecule has 0 aromatic rings. The number of likely N-dealkylation sites (tertiary alicyclic amines) is 1. The second-order valence-electron chi connectivity index (χ2n) is 2.14. The average molecular weight is 136 g/mol. The molecule has 1 aliphatic rings. The van der Waals surface area contributed by atoms with Gasteiger partial charge in [0.25, 0.3) is 0 Å². The van der Waals surface area contributed by atoms with Crippen molar-refractivity contribution in [2.75, 3.05) is 19.1 Å². The number of hydrogen-bond donors (Lipinski definition) is 1. The third-order valence-electron chi connectivity index (χ3n) is 1.42. The summed E-state index contributed by atoms with van der Waals surface area (Å²) < 4.78 is 0. The Morgan fingerprint density at radius 3 is 2.75 bits per heavy atom. The van der Waals surface area contributed by atoms with E-state index in [0.29, 0.717) is 6.00 Å². The molecule has 0 aromatic carbocycles. The fourth-order valence-electron chi connectivity index (χ4n) is 0.921. The van der Waals surface area contributed by atoms with E-state index in [2.05, 4.69) is 0 Å². The minimum atomic E-state index is -0.131. The standard InChI is InChI=1S/C5H10ClNO/c6-4-7-2-1-5(8)3-7/h5,8H,1-4H2/t5-/m0/s1. The summed E-state index contributed by atoms with van der Waals surface area (Å²) >= 11 is 5.49. The molecule has 1 aliphatic heterocycles. The molecule has 0 aliphatic carbocycles. The summed E-state index contributed by atoms with van der Waals surface area (Å²) in [5, 5.41) is 8.93. The second-order valence-corrected chi connectivity index (χ2v) is 2.38. The lowest BCUT2D eigenvalue weighted by Crippen LogP contribution is -2.19. The van der Waals surface area contributed by atoms with Crippen LogP contribution >= 0.6 is 11.6 Å². The van der Waals surface area contributed by atoms with Crippen molar-refractivity contribution in [3.8, 4) is 0 Å².